The van der Waals surface area contributed by atoms with E-state index >= 15 is 0 Å². The van der Waals surface area contributed by atoms with E-state index < -0.39 is 0 Å². The highest BCUT2D eigenvalue weighted by molar-refractivity contribution is 9.10. The Labute approximate surface area is 90.3 Å². The molecule has 0 bridgehead atoms. The number of nitrogens with one attached hydrogen (secondary N) is 1. The lowest BCUT2D eigenvalue weighted by atomic mass is 10.4. The topological polar surface area (TPSA) is 68.0 Å². The molecule has 0 atom stereocenters. The molecule has 0 aromatic carbocycles. The molecule has 1 heterocycles. The van der Waals surface area contributed by atoms with Gasteiger partial charge in [-0.3, -0.25) is 4.79 Å². The van der Waals surface area contributed by atoms with E-state index in [1.165, 1.54) is 6.08 Å². The van der Waals surface area contributed by atoms with Gasteiger partial charge in [0.1, 0.15) is 4.60 Å². The van der Waals surface area contributed by atoms with Crippen LogP contribution in [0, 0.1) is 0 Å². The van der Waals surface area contributed by atoms with E-state index in [4.69, 9.17) is 5.73 Å². The van der Waals surface area contributed by atoms with E-state index in [-0.39, 0.29) is 5.91 Å². The summed E-state index contributed by atoms with van der Waals surface area (Å²) in [6.45, 7) is 0.353. The van der Waals surface area contributed by atoms with Crippen molar-refractivity contribution in [1.82, 2.24) is 4.98 Å². The first-order chi connectivity index (χ1) is 6.72. The molecule has 4 nitrogen and oxygen atoms in total. The second-order valence-electron chi connectivity index (χ2n) is 2.50. The Bertz CT molecular complexity index is 334. The second kappa shape index (κ2) is 5.51. The average Bonchev–Trinajstić information content (AvgIpc) is 2.18. The van der Waals surface area contributed by atoms with Crippen molar-refractivity contribution in [1.29, 1.82) is 0 Å². The van der Waals surface area contributed by atoms with E-state index in [1.54, 1.807) is 24.4 Å². The Kier molecular flexibility index (Phi) is 4.28. The van der Waals surface area contributed by atoms with Crippen molar-refractivity contribution >= 4 is 27.5 Å². The van der Waals surface area contributed by atoms with Crippen LogP contribution < -0.4 is 11.1 Å². The molecule has 0 fully saturated rings. The molecular weight excluding hydrogens is 246 g/mol. The first-order valence-corrected chi connectivity index (χ1v) is 4.81. The number of rotatable bonds is 3. The SMILES string of the molecule is NC/C=C/C(=O)Nc1ccc(Br)nc1. The summed E-state index contributed by atoms with van der Waals surface area (Å²) < 4.78 is 0.730. The van der Waals surface area contributed by atoms with Crippen LogP contribution in [0.25, 0.3) is 0 Å². The molecule has 1 rings (SSSR count). The summed E-state index contributed by atoms with van der Waals surface area (Å²) >= 11 is 3.20. The van der Waals surface area contributed by atoms with Gasteiger partial charge in [-0.05, 0) is 28.1 Å². The Morgan fingerprint density at radius 3 is 3.00 bits per heavy atom. The van der Waals surface area contributed by atoms with Gasteiger partial charge in [0.05, 0.1) is 11.9 Å². The van der Waals surface area contributed by atoms with Crippen molar-refractivity contribution < 1.29 is 4.79 Å². The number of pyridine rings is 1. The normalized spacial score (nSPS) is 10.4. The third-order valence-electron chi connectivity index (χ3n) is 1.40. The van der Waals surface area contributed by atoms with Crippen LogP contribution in [0.2, 0.25) is 0 Å². The van der Waals surface area contributed by atoms with E-state index in [2.05, 4.69) is 26.2 Å². The number of carbonyl (C=O) groups is 1. The van der Waals surface area contributed by atoms with E-state index in [0.717, 1.165) is 4.60 Å². The number of aromatic nitrogens is 1. The minimum Gasteiger partial charge on any atom is -0.327 e. The zero-order chi connectivity index (χ0) is 10.4. The van der Waals surface area contributed by atoms with Crippen LogP contribution in [0.5, 0.6) is 0 Å². The van der Waals surface area contributed by atoms with E-state index in [0.29, 0.717) is 12.2 Å². The number of anilines is 1. The van der Waals surface area contributed by atoms with Crippen molar-refractivity contribution in [3.63, 3.8) is 0 Å². The lowest BCUT2D eigenvalue weighted by Crippen LogP contribution is -2.08. The van der Waals surface area contributed by atoms with Crippen LogP contribution in [-0.2, 0) is 4.79 Å². The number of hydrogen-bond donors (Lipinski definition) is 2. The zero-order valence-electron chi connectivity index (χ0n) is 7.40. The molecule has 5 heteroatoms. The van der Waals surface area contributed by atoms with Gasteiger partial charge in [0.15, 0.2) is 0 Å². The quantitative estimate of drug-likeness (QED) is 0.632. The summed E-state index contributed by atoms with van der Waals surface area (Å²) in [7, 11) is 0. The summed E-state index contributed by atoms with van der Waals surface area (Å²) in [6.07, 6.45) is 4.54. The summed E-state index contributed by atoms with van der Waals surface area (Å²) in [6, 6.07) is 3.51. The molecule has 0 unspecified atom stereocenters. The molecule has 0 radical (unpaired) electrons. The largest absolute Gasteiger partial charge is 0.327 e. The van der Waals surface area contributed by atoms with Gasteiger partial charge in [0.2, 0.25) is 5.91 Å². The van der Waals surface area contributed by atoms with Gasteiger partial charge < -0.3 is 11.1 Å². The van der Waals surface area contributed by atoms with E-state index in [9.17, 15) is 4.79 Å². The zero-order valence-corrected chi connectivity index (χ0v) is 8.99. The molecule has 3 N–H and O–H groups in total. The van der Waals surface area contributed by atoms with Crippen molar-refractivity contribution in [3.8, 4) is 0 Å². The number of halogens is 1. The lowest BCUT2D eigenvalue weighted by Gasteiger charge is -2.00. The number of nitrogens with zero attached hydrogens (tertiary/aromatic N) is 1. The summed E-state index contributed by atoms with van der Waals surface area (Å²) in [4.78, 5) is 15.1. The fourth-order valence-corrected chi connectivity index (χ4v) is 1.04. The second-order valence-corrected chi connectivity index (χ2v) is 3.31. The molecule has 0 saturated carbocycles. The molecule has 0 saturated heterocycles. The molecule has 1 amide bonds. The van der Waals surface area contributed by atoms with Gasteiger partial charge >= 0.3 is 0 Å². The first kappa shape index (κ1) is 10.9. The maximum Gasteiger partial charge on any atom is 0.248 e. The van der Waals surface area contributed by atoms with Crippen molar-refractivity contribution in [3.05, 3.63) is 35.1 Å². The Hall–Kier alpha value is -1.20. The molecule has 0 spiro atoms. The van der Waals surface area contributed by atoms with Gasteiger partial charge in [-0.25, -0.2) is 4.98 Å². The smallest absolute Gasteiger partial charge is 0.248 e. The van der Waals surface area contributed by atoms with Crippen molar-refractivity contribution in [2.24, 2.45) is 5.73 Å². The van der Waals surface area contributed by atoms with Gasteiger partial charge in [-0.15, -0.1) is 0 Å². The van der Waals surface area contributed by atoms with Gasteiger partial charge in [-0.1, -0.05) is 6.08 Å². The minimum atomic E-state index is -0.209. The molecule has 0 aliphatic heterocycles. The monoisotopic (exact) mass is 255 g/mol. The number of nitrogens with two attached hydrogens (primary N) is 1. The molecule has 0 aliphatic rings. The standard InChI is InChI=1S/C9H10BrN3O/c10-8-4-3-7(6-12-8)13-9(14)2-1-5-11/h1-4,6H,5,11H2,(H,13,14)/b2-1+. The third-order valence-corrected chi connectivity index (χ3v) is 1.87. The predicted octanol–water partition coefficient (Wildman–Crippen LogP) is 1.30. The molecule has 0 aliphatic carbocycles. The highest BCUT2D eigenvalue weighted by Crippen LogP contribution is 2.09. The third kappa shape index (κ3) is 3.68. The van der Waals surface area contributed by atoms with Crippen LogP contribution in [0.4, 0.5) is 5.69 Å². The first-order valence-electron chi connectivity index (χ1n) is 4.01. The molecule has 74 valence electrons. The Morgan fingerprint density at radius 2 is 2.43 bits per heavy atom. The van der Waals surface area contributed by atoms with E-state index in [1.807, 2.05) is 0 Å². The predicted molar refractivity (Wildman–Crippen MR) is 58.8 cm³/mol. The number of carbonyl (C=O) groups excluding carboxylic acids is 1. The Morgan fingerprint density at radius 1 is 1.64 bits per heavy atom. The average molecular weight is 256 g/mol. The molecule has 14 heavy (non-hydrogen) atoms. The minimum absolute atomic E-state index is 0.209. The van der Waals surface area contributed by atoms with Crippen molar-refractivity contribution in [2.75, 3.05) is 11.9 Å². The Balaban J connectivity index is 2.56. The van der Waals surface area contributed by atoms with Crippen LogP contribution in [0.15, 0.2) is 35.1 Å². The van der Waals surface area contributed by atoms with Crippen LogP contribution in [-0.4, -0.2) is 17.4 Å². The highest BCUT2D eigenvalue weighted by atomic mass is 79.9. The lowest BCUT2D eigenvalue weighted by molar-refractivity contribution is -0.111. The van der Waals surface area contributed by atoms with Crippen LogP contribution >= 0.6 is 15.9 Å². The van der Waals surface area contributed by atoms with Crippen molar-refractivity contribution in [2.45, 2.75) is 0 Å². The van der Waals surface area contributed by atoms with Gasteiger partial charge in [-0.2, -0.15) is 0 Å². The molecular formula is C9H10BrN3O. The number of hydrogen-bond acceptors (Lipinski definition) is 3. The van der Waals surface area contributed by atoms with Crippen LogP contribution in [0.1, 0.15) is 0 Å². The fourth-order valence-electron chi connectivity index (χ4n) is 0.809. The number of amides is 1. The maximum atomic E-state index is 11.2. The van der Waals surface area contributed by atoms with Gasteiger partial charge in [0.25, 0.3) is 0 Å². The van der Waals surface area contributed by atoms with Crippen LogP contribution in [0.3, 0.4) is 0 Å². The van der Waals surface area contributed by atoms with Gasteiger partial charge in [0, 0.05) is 12.6 Å². The summed E-state index contributed by atoms with van der Waals surface area (Å²) in [5.74, 6) is -0.209. The summed E-state index contributed by atoms with van der Waals surface area (Å²) in [5.41, 5.74) is 5.86. The molecule has 1 aromatic heterocycles. The summed E-state index contributed by atoms with van der Waals surface area (Å²) in [5, 5.41) is 2.64. The maximum absolute atomic E-state index is 11.2. The molecule has 1 aromatic rings. The highest BCUT2D eigenvalue weighted by Gasteiger charge is 1.96. The fraction of sp³-hybridized carbons (Fsp3) is 0.111.